The molecule has 2 aromatic carbocycles. The van der Waals surface area contributed by atoms with Gasteiger partial charge in [0, 0.05) is 12.4 Å². The van der Waals surface area contributed by atoms with Gasteiger partial charge >= 0.3 is 0 Å². The lowest BCUT2D eigenvalue weighted by atomic mass is 10.0. The summed E-state index contributed by atoms with van der Waals surface area (Å²) < 4.78 is 24.2. The molecule has 7 heteroatoms. The number of nitrogens with one attached hydrogen (secondary N) is 1. The minimum Gasteiger partial charge on any atom is -0.497 e. The maximum Gasteiger partial charge on any atom is 0.251 e. The highest BCUT2D eigenvalue weighted by Crippen LogP contribution is 2.32. The van der Waals surface area contributed by atoms with Crippen molar-refractivity contribution in [1.29, 1.82) is 0 Å². The summed E-state index contributed by atoms with van der Waals surface area (Å²) in [5.74, 6) is 0.526. The van der Waals surface area contributed by atoms with Crippen LogP contribution in [0.25, 0.3) is 0 Å². The van der Waals surface area contributed by atoms with Gasteiger partial charge in [-0.2, -0.15) is 0 Å². The van der Waals surface area contributed by atoms with Crippen molar-refractivity contribution in [3.63, 3.8) is 0 Å². The van der Waals surface area contributed by atoms with Gasteiger partial charge in [-0.3, -0.25) is 4.79 Å². The number of ether oxygens (including phenoxy) is 2. The number of carbonyl (C=O) groups excluding carboxylic acids is 1. The van der Waals surface area contributed by atoms with Crippen LogP contribution in [0.4, 0.5) is 4.39 Å². The first-order valence-corrected chi connectivity index (χ1v) is 9.08. The van der Waals surface area contributed by atoms with E-state index in [-0.39, 0.29) is 23.7 Å². The predicted octanol–water partition coefficient (Wildman–Crippen LogP) is 2.98. The lowest BCUT2D eigenvalue weighted by Crippen LogP contribution is -2.47. The second-order valence-corrected chi connectivity index (χ2v) is 6.85. The predicted molar refractivity (Wildman–Crippen MR) is 102 cm³/mol. The Kier molecular flexibility index (Phi) is 4.92. The van der Waals surface area contributed by atoms with Crippen molar-refractivity contribution < 1.29 is 18.7 Å². The third-order valence-electron chi connectivity index (χ3n) is 5.14. The molecule has 0 spiro atoms. The SMILES string of the molecule is COc1cccc(C2CC3C(=O)N(Cc4ccc(OC)c(F)c4)C=CN3N2)c1. The number of amides is 1. The zero-order chi connectivity index (χ0) is 19.7. The number of carbonyl (C=O) groups is 1. The van der Waals surface area contributed by atoms with Crippen LogP contribution >= 0.6 is 0 Å². The van der Waals surface area contributed by atoms with Gasteiger partial charge in [-0.25, -0.2) is 9.82 Å². The number of halogens is 1. The standard InChI is InChI=1S/C21H22FN3O3/c1-27-16-5-3-4-15(11-16)18-12-19-21(26)24(8-9-25(19)23-18)13-14-6-7-20(28-2)17(22)10-14/h3-11,18-19,23H,12-13H2,1-2H3. The molecule has 146 valence electrons. The summed E-state index contributed by atoms with van der Waals surface area (Å²) in [7, 11) is 3.06. The Labute approximate surface area is 163 Å². The topological polar surface area (TPSA) is 54.0 Å². The molecule has 0 aliphatic carbocycles. The number of benzene rings is 2. The summed E-state index contributed by atoms with van der Waals surface area (Å²) in [6, 6.07) is 12.3. The number of hydrogen-bond donors (Lipinski definition) is 1. The van der Waals surface area contributed by atoms with Gasteiger partial charge in [0.1, 0.15) is 11.8 Å². The number of rotatable bonds is 5. The maximum absolute atomic E-state index is 13.9. The van der Waals surface area contributed by atoms with Crippen LogP contribution in [0.3, 0.4) is 0 Å². The van der Waals surface area contributed by atoms with Crippen molar-refractivity contribution in [2.45, 2.75) is 25.0 Å². The molecule has 0 bridgehead atoms. The van der Waals surface area contributed by atoms with Crippen molar-refractivity contribution >= 4 is 5.91 Å². The molecule has 1 fully saturated rings. The summed E-state index contributed by atoms with van der Waals surface area (Å²) in [5.41, 5.74) is 5.14. The van der Waals surface area contributed by atoms with E-state index in [0.717, 1.165) is 11.3 Å². The zero-order valence-electron chi connectivity index (χ0n) is 15.8. The van der Waals surface area contributed by atoms with E-state index >= 15 is 0 Å². The van der Waals surface area contributed by atoms with E-state index in [1.807, 2.05) is 35.5 Å². The molecule has 0 saturated carbocycles. The molecule has 0 aromatic heterocycles. The Hall–Kier alpha value is -3.06. The van der Waals surface area contributed by atoms with Crippen LogP contribution in [0, 0.1) is 5.82 Å². The summed E-state index contributed by atoms with van der Waals surface area (Å²) >= 11 is 0. The summed E-state index contributed by atoms with van der Waals surface area (Å²) in [4.78, 5) is 14.6. The average Bonchev–Trinajstić information content (AvgIpc) is 3.16. The van der Waals surface area contributed by atoms with Crippen molar-refractivity contribution in [2.24, 2.45) is 0 Å². The zero-order valence-corrected chi connectivity index (χ0v) is 15.8. The number of hydrazine groups is 1. The fourth-order valence-electron chi connectivity index (χ4n) is 3.65. The van der Waals surface area contributed by atoms with Crippen molar-refractivity contribution in [3.8, 4) is 11.5 Å². The normalized spacial score (nSPS) is 21.0. The van der Waals surface area contributed by atoms with E-state index in [0.29, 0.717) is 18.5 Å². The molecule has 1 saturated heterocycles. The Morgan fingerprint density at radius 3 is 2.75 bits per heavy atom. The molecule has 1 N–H and O–H groups in total. The Morgan fingerprint density at radius 2 is 2.00 bits per heavy atom. The van der Waals surface area contributed by atoms with Crippen molar-refractivity contribution in [1.82, 2.24) is 15.3 Å². The third kappa shape index (κ3) is 3.41. The van der Waals surface area contributed by atoms with Gasteiger partial charge < -0.3 is 19.4 Å². The van der Waals surface area contributed by atoms with Gasteiger partial charge in [0.2, 0.25) is 0 Å². The van der Waals surface area contributed by atoms with Crippen LogP contribution < -0.4 is 14.9 Å². The summed E-state index contributed by atoms with van der Waals surface area (Å²) in [6.07, 6.45) is 4.22. The fraction of sp³-hybridized carbons (Fsp3) is 0.286. The van der Waals surface area contributed by atoms with Crippen LogP contribution in [-0.4, -0.2) is 36.1 Å². The van der Waals surface area contributed by atoms with Gasteiger partial charge in [0.05, 0.1) is 26.8 Å². The molecule has 4 rings (SSSR count). The van der Waals surface area contributed by atoms with E-state index in [2.05, 4.69) is 5.43 Å². The molecular formula is C21H22FN3O3. The first kappa shape index (κ1) is 18.3. The molecule has 2 heterocycles. The molecule has 1 amide bonds. The lowest BCUT2D eigenvalue weighted by Gasteiger charge is -2.31. The smallest absolute Gasteiger partial charge is 0.251 e. The van der Waals surface area contributed by atoms with Crippen LogP contribution in [0.2, 0.25) is 0 Å². The quantitative estimate of drug-likeness (QED) is 0.860. The third-order valence-corrected chi connectivity index (χ3v) is 5.14. The van der Waals surface area contributed by atoms with Crippen molar-refractivity contribution in [2.75, 3.05) is 14.2 Å². The minimum atomic E-state index is -0.435. The van der Waals surface area contributed by atoms with Crippen LogP contribution in [0.5, 0.6) is 11.5 Å². The minimum absolute atomic E-state index is 0.0170. The highest BCUT2D eigenvalue weighted by molar-refractivity contribution is 5.84. The Balaban J connectivity index is 1.47. The van der Waals surface area contributed by atoms with E-state index < -0.39 is 5.82 Å². The van der Waals surface area contributed by atoms with Gasteiger partial charge in [0.25, 0.3) is 5.91 Å². The summed E-state index contributed by atoms with van der Waals surface area (Å²) in [6.45, 7) is 0.310. The second kappa shape index (κ2) is 7.52. The average molecular weight is 383 g/mol. The van der Waals surface area contributed by atoms with Crippen LogP contribution in [0.1, 0.15) is 23.6 Å². The molecule has 2 aliphatic heterocycles. The van der Waals surface area contributed by atoms with Gasteiger partial charge in [-0.15, -0.1) is 0 Å². The maximum atomic E-state index is 13.9. The number of fused-ring (bicyclic) bond motifs is 1. The number of hydrogen-bond acceptors (Lipinski definition) is 5. The largest absolute Gasteiger partial charge is 0.497 e. The molecular weight excluding hydrogens is 361 g/mol. The number of methoxy groups -OCH3 is 2. The van der Waals surface area contributed by atoms with E-state index in [1.165, 1.54) is 13.2 Å². The van der Waals surface area contributed by atoms with Gasteiger partial charge in [0.15, 0.2) is 11.6 Å². The fourth-order valence-corrected chi connectivity index (χ4v) is 3.65. The first-order valence-electron chi connectivity index (χ1n) is 9.08. The second-order valence-electron chi connectivity index (χ2n) is 6.85. The monoisotopic (exact) mass is 383 g/mol. The van der Waals surface area contributed by atoms with E-state index in [9.17, 15) is 9.18 Å². The Bertz CT molecular complexity index is 918. The number of nitrogens with zero attached hydrogens (tertiary/aromatic N) is 2. The molecule has 6 nitrogen and oxygen atoms in total. The Morgan fingerprint density at radius 1 is 1.14 bits per heavy atom. The highest BCUT2D eigenvalue weighted by atomic mass is 19.1. The molecule has 2 aromatic rings. The van der Waals surface area contributed by atoms with Crippen molar-refractivity contribution in [3.05, 3.63) is 71.8 Å². The van der Waals surface area contributed by atoms with Gasteiger partial charge in [-0.1, -0.05) is 18.2 Å². The summed E-state index contributed by atoms with van der Waals surface area (Å²) in [5, 5.41) is 1.84. The van der Waals surface area contributed by atoms with E-state index in [4.69, 9.17) is 9.47 Å². The molecule has 2 atom stereocenters. The lowest BCUT2D eigenvalue weighted by molar-refractivity contribution is -0.134. The molecule has 28 heavy (non-hydrogen) atoms. The highest BCUT2D eigenvalue weighted by Gasteiger charge is 2.40. The molecule has 2 unspecified atom stereocenters. The molecule has 2 aliphatic rings. The van der Waals surface area contributed by atoms with Crippen LogP contribution in [-0.2, 0) is 11.3 Å². The van der Waals surface area contributed by atoms with Gasteiger partial charge in [-0.05, 0) is 41.8 Å². The van der Waals surface area contributed by atoms with Crippen LogP contribution in [0.15, 0.2) is 54.9 Å². The van der Waals surface area contributed by atoms with E-state index in [1.54, 1.807) is 30.3 Å². The molecule has 0 radical (unpaired) electrons. The first-order chi connectivity index (χ1) is 13.6.